The molecule has 0 aliphatic rings. The van der Waals surface area contributed by atoms with Gasteiger partial charge in [0.2, 0.25) is 5.89 Å². The van der Waals surface area contributed by atoms with E-state index in [4.69, 9.17) is 4.52 Å². The van der Waals surface area contributed by atoms with E-state index in [1.165, 1.54) is 0 Å². The van der Waals surface area contributed by atoms with Crippen LogP contribution >= 0.6 is 0 Å². The lowest BCUT2D eigenvalue weighted by molar-refractivity contribution is 0.0939. The van der Waals surface area contributed by atoms with E-state index in [2.05, 4.69) is 10.1 Å². The third-order valence-electron chi connectivity index (χ3n) is 2.70. The van der Waals surface area contributed by atoms with Crippen LogP contribution in [0, 0.1) is 5.92 Å². The van der Waals surface area contributed by atoms with E-state index in [9.17, 15) is 4.79 Å². The molecule has 0 aliphatic carbocycles. The first kappa shape index (κ1) is 12.5. The number of carbonyl (C=O) groups is 1. The summed E-state index contributed by atoms with van der Waals surface area (Å²) < 4.78 is 6.99. The Morgan fingerprint density at radius 2 is 2.28 bits per heavy atom. The first-order chi connectivity index (χ1) is 8.60. The summed E-state index contributed by atoms with van der Waals surface area (Å²) in [5.41, 5.74) is 0.722. The molecule has 2 aromatic heterocycles. The van der Waals surface area contributed by atoms with Crippen molar-refractivity contribution in [1.29, 1.82) is 0 Å². The summed E-state index contributed by atoms with van der Waals surface area (Å²) in [7, 11) is 0. The predicted molar refractivity (Wildman–Crippen MR) is 66.4 cm³/mol. The van der Waals surface area contributed by atoms with Gasteiger partial charge in [0.05, 0.1) is 0 Å². The third-order valence-corrected chi connectivity index (χ3v) is 2.70. The van der Waals surface area contributed by atoms with Gasteiger partial charge < -0.3 is 9.09 Å². The zero-order valence-corrected chi connectivity index (χ0v) is 10.9. The molecule has 0 spiro atoms. The first-order valence-corrected chi connectivity index (χ1v) is 6.11. The molecule has 0 fully saturated rings. The van der Waals surface area contributed by atoms with Crippen molar-refractivity contribution in [1.82, 2.24) is 14.7 Å². The standard InChI is InChI=1S/C13H17N3O2/c1-4-11-14-12(18-15-11)8-16-6-5-10(7-16)13(17)9(2)3/h5-7,9H,4,8H2,1-3H3. The van der Waals surface area contributed by atoms with Crippen molar-refractivity contribution < 1.29 is 9.32 Å². The molecule has 0 radical (unpaired) electrons. The molecule has 0 aromatic carbocycles. The summed E-state index contributed by atoms with van der Waals surface area (Å²) in [5.74, 6) is 1.42. The van der Waals surface area contributed by atoms with Crippen LogP contribution in [-0.2, 0) is 13.0 Å². The highest BCUT2D eigenvalue weighted by Crippen LogP contribution is 2.10. The van der Waals surface area contributed by atoms with Gasteiger partial charge in [-0.05, 0) is 6.07 Å². The van der Waals surface area contributed by atoms with E-state index < -0.39 is 0 Å². The van der Waals surface area contributed by atoms with Crippen molar-refractivity contribution in [2.24, 2.45) is 5.92 Å². The van der Waals surface area contributed by atoms with Crippen LogP contribution in [-0.4, -0.2) is 20.5 Å². The number of carbonyl (C=O) groups excluding carboxylic acids is 1. The van der Waals surface area contributed by atoms with Crippen LogP contribution in [0.25, 0.3) is 0 Å². The van der Waals surface area contributed by atoms with Crippen LogP contribution in [0.5, 0.6) is 0 Å². The summed E-state index contributed by atoms with van der Waals surface area (Å²) in [6.07, 6.45) is 4.43. The van der Waals surface area contributed by atoms with Gasteiger partial charge in [0.1, 0.15) is 6.54 Å². The Kier molecular flexibility index (Phi) is 3.60. The van der Waals surface area contributed by atoms with E-state index in [0.29, 0.717) is 18.3 Å². The molecule has 0 saturated heterocycles. The number of hydrogen-bond acceptors (Lipinski definition) is 4. The van der Waals surface area contributed by atoms with Gasteiger partial charge in [-0.25, -0.2) is 0 Å². The van der Waals surface area contributed by atoms with Crippen molar-refractivity contribution in [2.45, 2.75) is 33.7 Å². The number of nitrogens with zero attached hydrogens (tertiary/aromatic N) is 3. The lowest BCUT2D eigenvalue weighted by Gasteiger charge is -2.00. The summed E-state index contributed by atoms with van der Waals surface area (Å²) in [6, 6.07) is 1.82. The van der Waals surface area contributed by atoms with E-state index in [1.807, 2.05) is 43.8 Å². The Balaban J connectivity index is 2.08. The van der Waals surface area contributed by atoms with Crippen LogP contribution in [0.15, 0.2) is 23.0 Å². The van der Waals surface area contributed by atoms with Crippen LogP contribution in [0.1, 0.15) is 42.8 Å². The average molecular weight is 247 g/mol. The maximum Gasteiger partial charge on any atom is 0.246 e. The highest BCUT2D eigenvalue weighted by molar-refractivity contribution is 5.97. The largest absolute Gasteiger partial charge is 0.344 e. The molecule has 0 aliphatic heterocycles. The highest BCUT2D eigenvalue weighted by atomic mass is 16.5. The molecule has 0 saturated carbocycles. The molecule has 2 heterocycles. The molecule has 2 aromatic rings. The van der Waals surface area contributed by atoms with Crippen molar-refractivity contribution in [3.8, 4) is 0 Å². The molecule has 18 heavy (non-hydrogen) atoms. The fourth-order valence-corrected chi connectivity index (χ4v) is 1.67. The molecule has 5 heteroatoms. The molecule has 2 rings (SSSR count). The fraction of sp³-hybridized carbons (Fsp3) is 0.462. The van der Waals surface area contributed by atoms with Crippen molar-refractivity contribution in [3.63, 3.8) is 0 Å². The normalized spacial score (nSPS) is 11.1. The van der Waals surface area contributed by atoms with Gasteiger partial charge in [0, 0.05) is 30.3 Å². The zero-order chi connectivity index (χ0) is 13.1. The number of rotatable bonds is 5. The molecule has 0 amide bonds. The van der Waals surface area contributed by atoms with Crippen LogP contribution < -0.4 is 0 Å². The van der Waals surface area contributed by atoms with E-state index in [-0.39, 0.29) is 11.7 Å². The second kappa shape index (κ2) is 5.16. The minimum absolute atomic E-state index is 0.0101. The molecule has 0 bridgehead atoms. The summed E-state index contributed by atoms with van der Waals surface area (Å²) >= 11 is 0. The predicted octanol–water partition coefficient (Wildman–Crippen LogP) is 2.32. The van der Waals surface area contributed by atoms with Gasteiger partial charge in [0.25, 0.3) is 0 Å². The Hall–Kier alpha value is -1.91. The molecule has 0 unspecified atom stereocenters. The summed E-state index contributed by atoms with van der Waals surface area (Å²) in [4.78, 5) is 16.0. The minimum Gasteiger partial charge on any atom is -0.344 e. The smallest absolute Gasteiger partial charge is 0.246 e. The highest BCUT2D eigenvalue weighted by Gasteiger charge is 2.12. The fourth-order valence-electron chi connectivity index (χ4n) is 1.67. The van der Waals surface area contributed by atoms with Crippen molar-refractivity contribution >= 4 is 5.78 Å². The molecule has 0 atom stereocenters. The van der Waals surface area contributed by atoms with Crippen molar-refractivity contribution in [3.05, 3.63) is 35.7 Å². The Morgan fingerprint density at radius 3 is 2.89 bits per heavy atom. The minimum atomic E-state index is 0.0101. The van der Waals surface area contributed by atoms with Crippen LogP contribution in [0.2, 0.25) is 0 Å². The van der Waals surface area contributed by atoms with Crippen LogP contribution in [0.3, 0.4) is 0 Å². The topological polar surface area (TPSA) is 60.9 Å². The summed E-state index contributed by atoms with van der Waals surface area (Å²) in [5, 5.41) is 3.83. The summed E-state index contributed by atoms with van der Waals surface area (Å²) in [6.45, 7) is 6.26. The molecule has 96 valence electrons. The maximum atomic E-state index is 11.8. The lowest BCUT2D eigenvalue weighted by atomic mass is 10.0. The lowest BCUT2D eigenvalue weighted by Crippen LogP contribution is -2.06. The van der Waals surface area contributed by atoms with E-state index in [0.717, 1.165) is 12.0 Å². The Morgan fingerprint density at radius 1 is 1.50 bits per heavy atom. The van der Waals surface area contributed by atoms with E-state index in [1.54, 1.807) is 0 Å². The molecular formula is C13H17N3O2. The molecular weight excluding hydrogens is 230 g/mol. The quantitative estimate of drug-likeness (QED) is 0.761. The number of ketones is 1. The van der Waals surface area contributed by atoms with Crippen molar-refractivity contribution in [2.75, 3.05) is 0 Å². The SMILES string of the molecule is CCc1noc(Cn2ccc(C(=O)C(C)C)c2)n1. The number of Topliss-reactive ketones (excluding diaryl/α,β-unsaturated/α-hetero) is 1. The Bertz CT molecular complexity index is 540. The monoisotopic (exact) mass is 247 g/mol. The zero-order valence-electron chi connectivity index (χ0n) is 10.9. The third kappa shape index (κ3) is 2.67. The van der Waals surface area contributed by atoms with E-state index >= 15 is 0 Å². The van der Waals surface area contributed by atoms with Gasteiger partial charge in [0.15, 0.2) is 11.6 Å². The second-order valence-corrected chi connectivity index (χ2v) is 4.55. The first-order valence-electron chi connectivity index (χ1n) is 6.11. The van der Waals surface area contributed by atoms with Crippen LogP contribution in [0.4, 0.5) is 0 Å². The van der Waals surface area contributed by atoms with Gasteiger partial charge >= 0.3 is 0 Å². The second-order valence-electron chi connectivity index (χ2n) is 4.55. The van der Waals surface area contributed by atoms with Gasteiger partial charge in [-0.1, -0.05) is 25.9 Å². The average Bonchev–Trinajstić information content (AvgIpc) is 2.97. The van der Waals surface area contributed by atoms with Gasteiger partial charge in [-0.15, -0.1) is 0 Å². The maximum absolute atomic E-state index is 11.8. The number of aryl methyl sites for hydroxylation is 1. The van der Waals surface area contributed by atoms with Gasteiger partial charge in [-0.3, -0.25) is 4.79 Å². The van der Waals surface area contributed by atoms with Gasteiger partial charge in [-0.2, -0.15) is 4.98 Å². The Labute approximate surface area is 106 Å². The molecule has 0 N–H and O–H groups in total. The number of hydrogen-bond donors (Lipinski definition) is 0. The number of aromatic nitrogens is 3. The molecule has 5 nitrogen and oxygen atoms in total.